The number of ether oxygens (including phenoxy) is 1. The quantitative estimate of drug-likeness (QED) is 0.302. The lowest BCUT2D eigenvalue weighted by molar-refractivity contribution is -0.162. The average molecular weight is 515 g/mol. The second-order valence-corrected chi connectivity index (χ2v) is 10.8. The largest absolute Gasteiger partial charge is 0.481 e. The summed E-state index contributed by atoms with van der Waals surface area (Å²) in [6, 6.07) is -3.00. The van der Waals surface area contributed by atoms with Gasteiger partial charge in [-0.25, -0.2) is 0 Å². The number of carbonyl (C=O) groups excluding carboxylic acids is 3. The standard InChI is InChI=1S/C26H50N4O6/c1-14(2)20(27-9)24(33)30(25(34)21(28-10)15(3)4)23(17(7)8)26(35)29(11)22(16(5)6)18(36-12)13-19(31)32/h14-18,20-23,27-28H,13H2,1-12H3,(H,31,32)/t18-,20+,21+,22+,23+/m1/s1. The van der Waals surface area contributed by atoms with Crippen LogP contribution in [0, 0.1) is 23.7 Å². The number of hydrogen-bond donors (Lipinski definition) is 3. The third-order valence-electron chi connectivity index (χ3n) is 6.66. The maximum atomic E-state index is 14.1. The normalized spacial score (nSPS) is 16.1. The Morgan fingerprint density at radius 3 is 1.42 bits per heavy atom. The summed E-state index contributed by atoms with van der Waals surface area (Å²) in [6.45, 7) is 14.9. The van der Waals surface area contributed by atoms with Crippen molar-refractivity contribution in [1.82, 2.24) is 20.4 Å². The van der Waals surface area contributed by atoms with Gasteiger partial charge in [0, 0.05) is 14.2 Å². The van der Waals surface area contributed by atoms with Crippen LogP contribution >= 0.6 is 0 Å². The van der Waals surface area contributed by atoms with Crippen LogP contribution in [0.25, 0.3) is 0 Å². The molecule has 0 aromatic heterocycles. The van der Waals surface area contributed by atoms with E-state index in [-0.39, 0.29) is 24.2 Å². The molecule has 0 heterocycles. The molecule has 5 atom stereocenters. The van der Waals surface area contributed by atoms with Crippen LogP contribution in [0.15, 0.2) is 0 Å². The number of amides is 3. The molecule has 0 unspecified atom stereocenters. The van der Waals surface area contributed by atoms with E-state index in [1.807, 2.05) is 41.5 Å². The first kappa shape index (κ1) is 34.0. The van der Waals surface area contributed by atoms with Crippen molar-refractivity contribution in [2.24, 2.45) is 23.7 Å². The van der Waals surface area contributed by atoms with E-state index in [2.05, 4.69) is 10.6 Å². The number of nitrogens with zero attached hydrogens (tertiary/aromatic N) is 2. The highest BCUT2D eigenvalue weighted by Gasteiger charge is 2.45. The molecule has 0 aromatic carbocycles. The summed E-state index contributed by atoms with van der Waals surface area (Å²) >= 11 is 0. The van der Waals surface area contributed by atoms with Crippen molar-refractivity contribution in [1.29, 1.82) is 0 Å². The van der Waals surface area contributed by atoms with Crippen LogP contribution in [-0.2, 0) is 23.9 Å². The Hall–Kier alpha value is -2.04. The Morgan fingerprint density at radius 2 is 1.17 bits per heavy atom. The van der Waals surface area contributed by atoms with Crippen molar-refractivity contribution in [2.45, 2.75) is 92.1 Å². The summed E-state index contributed by atoms with van der Waals surface area (Å²) < 4.78 is 5.48. The molecule has 210 valence electrons. The Bertz CT molecular complexity index is 712. The predicted octanol–water partition coefficient (Wildman–Crippen LogP) is 1.83. The van der Waals surface area contributed by atoms with Gasteiger partial charge in [-0.1, -0.05) is 55.4 Å². The number of carbonyl (C=O) groups is 4. The highest BCUT2D eigenvalue weighted by Crippen LogP contribution is 2.25. The van der Waals surface area contributed by atoms with E-state index in [1.54, 1.807) is 35.0 Å². The molecular formula is C26H50N4O6. The molecule has 0 rings (SSSR count). The van der Waals surface area contributed by atoms with Gasteiger partial charge in [0.1, 0.15) is 6.04 Å². The number of methoxy groups -OCH3 is 1. The number of carboxylic acid groups (broad SMARTS) is 1. The lowest BCUT2D eigenvalue weighted by Crippen LogP contribution is -2.64. The predicted molar refractivity (Wildman–Crippen MR) is 140 cm³/mol. The van der Waals surface area contributed by atoms with Crippen molar-refractivity contribution in [3.63, 3.8) is 0 Å². The van der Waals surface area contributed by atoms with E-state index in [9.17, 15) is 24.3 Å². The topological polar surface area (TPSA) is 128 Å². The molecule has 0 fully saturated rings. The third kappa shape index (κ3) is 8.52. The Kier molecular flexibility index (Phi) is 14.4. The van der Waals surface area contributed by atoms with Crippen LogP contribution < -0.4 is 10.6 Å². The second kappa shape index (κ2) is 15.3. The number of imide groups is 1. The molecule has 10 heteroatoms. The molecular weight excluding hydrogens is 464 g/mol. The van der Waals surface area contributed by atoms with Gasteiger partial charge >= 0.3 is 5.97 Å². The number of carboxylic acids is 1. The Balaban J connectivity index is 6.79. The lowest BCUT2D eigenvalue weighted by atomic mass is 9.91. The molecule has 0 aromatic rings. The van der Waals surface area contributed by atoms with Crippen LogP contribution in [0.5, 0.6) is 0 Å². The molecule has 0 aliphatic rings. The van der Waals surface area contributed by atoms with E-state index in [0.29, 0.717) is 0 Å². The van der Waals surface area contributed by atoms with Gasteiger partial charge in [0.15, 0.2) is 0 Å². The summed E-state index contributed by atoms with van der Waals surface area (Å²) in [5.74, 6) is -3.18. The maximum absolute atomic E-state index is 14.1. The number of hydrogen-bond acceptors (Lipinski definition) is 7. The van der Waals surface area contributed by atoms with Crippen molar-refractivity contribution in [3.8, 4) is 0 Å². The average Bonchev–Trinajstić information content (AvgIpc) is 2.75. The van der Waals surface area contributed by atoms with Crippen molar-refractivity contribution < 1.29 is 29.0 Å². The molecule has 0 aliphatic heterocycles. The van der Waals surface area contributed by atoms with Crippen LogP contribution in [0.4, 0.5) is 0 Å². The zero-order valence-corrected chi connectivity index (χ0v) is 24.3. The fourth-order valence-electron chi connectivity index (χ4n) is 4.86. The fourth-order valence-corrected chi connectivity index (χ4v) is 4.86. The molecule has 0 radical (unpaired) electrons. The van der Waals surface area contributed by atoms with Gasteiger partial charge in [0.05, 0.1) is 30.7 Å². The van der Waals surface area contributed by atoms with Gasteiger partial charge < -0.3 is 25.4 Å². The molecule has 3 amide bonds. The minimum Gasteiger partial charge on any atom is -0.481 e. The van der Waals surface area contributed by atoms with Gasteiger partial charge in [0.25, 0.3) is 0 Å². The Morgan fingerprint density at radius 1 is 0.750 bits per heavy atom. The number of aliphatic carboxylic acids is 1. The number of rotatable bonds is 15. The van der Waals surface area contributed by atoms with E-state index in [4.69, 9.17) is 4.74 Å². The summed E-state index contributed by atoms with van der Waals surface area (Å²) in [5, 5.41) is 15.4. The van der Waals surface area contributed by atoms with Crippen molar-refractivity contribution in [2.75, 3.05) is 28.3 Å². The molecule has 36 heavy (non-hydrogen) atoms. The van der Waals surface area contributed by atoms with Crippen LogP contribution in [0.3, 0.4) is 0 Å². The SMILES string of the molecule is CN[C@H](C(=O)N(C(=O)[C@@H](NC)C(C)C)[C@H](C(=O)N(C)[C@@H](C(C)C)[C@@H](CC(=O)O)OC)C(C)C)C(C)C. The van der Waals surface area contributed by atoms with Gasteiger partial charge in [0.2, 0.25) is 17.7 Å². The highest BCUT2D eigenvalue weighted by atomic mass is 16.5. The third-order valence-corrected chi connectivity index (χ3v) is 6.66. The Labute approximate surface area is 217 Å². The molecule has 3 N–H and O–H groups in total. The molecule has 0 aliphatic carbocycles. The minimum absolute atomic E-state index is 0.123. The molecule has 0 saturated heterocycles. The van der Waals surface area contributed by atoms with Gasteiger partial charge in [-0.15, -0.1) is 0 Å². The fraction of sp³-hybridized carbons (Fsp3) is 0.846. The molecule has 0 spiro atoms. The van der Waals surface area contributed by atoms with E-state index in [0.717, 1.165) is 4.90 Å². The lowest BCUT2D eigenvalue weighted by Gasteiger charge is -2.42. The zero-order valence-electron chi connectivity index (χ0n) is 24.3. The summed E-state index contributed by atoms with van der Waals surface area (Å²) in [6.07, 6.45) is -1.04. The molecule has 0 saturated carbocycles. The minimum atomic E-state index is -1.08. The number of nitrogens with one attached hydrogen (secondary N) is 2. The van der Waals surface area contributed by atoms with E-state index < -0.39 is 59.9 Å². The summed E-state index contributed by atoms with van der Waals surface area (Å²) in [7, 11) is 6.32. The first-order valence-corrected chi connectivity index (χ1v) is 12.8. The number of likely N-dealkylation sites (N-methyl/N-ethyl adjacent to an activating group) is 3. The molecule has 10 nitrogen and oxygen atoms in total. The van der Waals surface area contributed by atoms with Crippen molar-refractivity contribution >= 4 is 23.7 Å². The van der Waals surface area contributed by atoms with Gasteiger partial charge in [-0.2, -0.15) is 0 Å². The van der Waals surface area contributed by atoms with Gasteiger partial charge in [-0.05, 0) is 37.8 Å². The van der Waals surface area contributed by atoms with E-state index in [1.165, 1.54) is 12.0 Å². The van der Waals surface area contributed by atoms with Crippen LogP contribution in [-0.4, -0.2) is 97.1 Å². The summed E-state index contributed by atoms with van der Waals surface area (Å²) in [4.78, 5) is 55.8. The first-order valence-electron chi connectivity index (χ1n) is 12.8. The van der Waals surface area contributed by atoms with Crippen LogP contribution in [0.2, 0.25) is 0 Å². The molecule has 0 bridgehead atoms. The van der Waals surface area contributed by atoms with E-state index >= 15 is 0 Å². The first-order chi connectivity index (χ1) is 16.6. The van der Waals surface area contributed by atoms with Crippen molar-refractivity contribution in [3.05, 3.63) is 0 Å². The highest BCUT2D eigenvalue weighted by molar-refractivity contribution is 6.04. The zero-order chi connectivity index (χ0) is 28.5. The maximum Gasteiger partial charge on any atom is 0.306 e. The van der Waals surface area contributed by atoms with Gasteiger partial charge in [-0.3, -0.25) is 24.1 Å². The second-order valence-electron chi connectivity index (χ2n) is 10.8. The monoisotopic (exact) mass is 514 g/mol. The smallest absolute Gasteiger partial charge is 0.306 e. The summed E-state index contributed by atoms with van der Waals surface area (Å²) in [5.41, 5.74) is 0. The van der Waals surface area contributed by atoms with Crippen LogP contribution in [0.1, 0.15) is 61.8 Å².